The number of nitrogens with zero attached hydrogens (tertiary/aromatic N) is 1. The Morgan fingerprint density at radius 1 is 1.19 bits per heavy atom. The van der Waals surface area contributed by atoms with Gasteiger partial charge in [0, 0.05) is 23.7 Å². The summed E-state index contributed by atoms with van der Waals surface area (Å²) in [5, 5.41) is 30.0. The Kier molecular flexibility index (Phi) is 5.03. The predicted octanol–water partition coefficient (Wildman–Crippen LogP) is 3.22. The third kappa shape index (κ3) is 3.44. The van der Waals surface area contributed by atoms with Crippen molar-refractivity contribution in [3.63, 3.8) is 0 Å². The van der Waals surface area contributed by atoms with Crippen molar-refractivity contribution in [3.8, 4) is 39.6 Å². The number of aromatic amines is 1. The van der Waals surface area contributed by atoms with Crippen molar-refractivity contribution in [1.29, 1.82) is 0 Å². The zero-order valence-corrected chi connectivity index (χ0v) is 15.3. The number of phenols is 2. The minimum atomic E-state index is -0.294. The number of hydrogen-bond donors (Lipinski definition) is 4. The second kappa shape index (κ2) is 7.41. The number of aromatic hydroxyl groups is 2. The van der Waals surface area contributed by atoms with Gasteiger partial charge in [-0.25, -0.2) is 0 Å². The monoisotopic (exact) mass is 367 g/mol. The summed E-state index contributed by atoms with van der Waals surface area (Å²) in [5.74, 6) is 0.257. The molecule has 1 heterocycles. The molecule has 0 radical (unpaired) electrons. The highest BCUT2D eigenvalue weighted by Crippen LogP contribution is 2.40. The number of hydrogen-bond acceptors (Lipinski definition) is 5. The van der Waals surface area contributed by atoms with Crippen molar-refractivity contribution >= 4 is 5.91 Å². The van der Waals surface area contributed by atoms with E-state index < -0.39 is 0 Å². The maximum Gasteiger partial charge on any atom is 0.269 e. The summed E-state index contributed by atoms with van der Waals surface area (Å²) in [7, 11) is 1.58. The van der Waals surface area contributed by atoms with Gasteiger partial charge in [0.2, 0.25) is 0 Å². The van der Waals surface area contributed by atoms with Crippen molar-refractivity contribution < 1.29 is 19.7 Å². The summed E-state index contributed by atoms with van der Waals surface area (Å²) >= 11 is 0. The molecule has 1 amide bonds. The normalized spacial score (nSPS) is 10.6. The van der Waals surface area contributed by atoms with E-state index in [-0.39, 0.29) is 17.4 Å². The van der Waals surface area contributed by atoms with Crippen molar-refractivity contribution in [2.75, 3.05) is 13.7 Å². The summed E-state index contributed by atoms with van der Waals surface area (Å²) in [4.78, 5) is 12.5. The molecule has 2 aromatic carbocycles. The van der Waals surface area contributed by atoms with Crippen LogP contribution in [0.15, 0.2) is 36.4 Å². The molecule has 0 saturated heterocycles. The quantitative estimate of drug-likeness (QED) is 0.554. The lowest BCUT2D eigenvalue weighted by molar-refractivity contribution is 0.0951. The van der Waals surface area contributed by atoms with Gasteiger partial charge in [0.25, 0.3) is 5.91 Å². The third-order valence-corrected chi connectivity index (χ3v) is 4.28. The van der Waals surface area contributed by atoms with E-state index >= 15 is 0 Å². The summed E-state index contributed by atoms with van der Waals surface area (Å²) in [6.45, 7) is 4.03. The van der Waals surface area contributed by atoms with Gasteiger partial charge in [-0.2, -0.15) is 5.10 Å². The maximum absolute atomic E-state index is 12.5. The molecule has 27 heavy (non-hydrogen) atoms. The lowest BCUT2D eigenvalue weighted by Gasteiger charge is -2.10. The Morgan fingerprint density at radius 2 is 1.89 bits per heavy atom. The Balaban J connectivity index is 2.23. The van der Waals surface area contributed by atoms with E-state index in [4.69, 9.17) is 4.74 Å². The smallest absolute Gasteiger partial charge is 0.269 e. The molecule has 0 unspecified atom stereocenters. The highest BCUT2D eigenvalue weighted by molar-refractivity contribution is 6.03. The van der Waals surface area contributed by atoms with Crippen molar-refractivity contribution in [3.05, 3.63) is 47.7 Å². The second-order valence-corrected chi connectivity index (χ2v) is 6.07. The Labute approximate surface area is 156 Å². The van der Waals surface area contributed by atoms with Crippen LogP contribution in [0, 0.1) is 6.92 Å². The SMILES string of the molecule is CCNC(=O)c1[nH]nc(-c2cc(C)c(O)cc2O)c1-c1ccc(OC)cc1. The highest BCUT2D eigenvalue weighted by atomic mass is 16.5. The van der Waals surface area contributed by atoms with Crippen molar-refractivity contribution in [1.82, 2.24) is 15.5 Å². The Morgan fingerprint density at radius 3 is 2.52 bits per heavy atom. The number of aromatic nitrogens is 2. The number of H-pyrrole nitrogens is 1. The molecular formula is C20H21N3O4. The molecule has 140 valence electrons. The molecule has 3 rings (SSSR count). The van der Waals surface area contributed by atoms with Gasteiger partial charge in [0.15, 0.2) is 0 Å². The van der Waals surface area contributed by atoms with E-state index in [0.29, 0.717) is 40.4 Å². The number of carbonyl (C=O) groups is 1. The van der Waals surface area contributed by atoms with Gasteiger partial charge in [-0.15, -0.1) is 0 Å². The second-order valence-electron chi connectivity index (χ2n) is 6.07. The Hall–Kier alpha value is -3.48. The van der Waals surface area contributed by atoms with Crippen LogP contribution >= 0.6 is 0 Å². The molecule has 3 aromatic rings. The van der Waals surface area contributed by atoms with E-state index in [1.165, 1.54) is 6.07 Å². The number of benzene rings is 2. The minimum Gasteiger partial charge on any atom is -0.508 e. The van der Waals surface area contributed by atoms with E-state index in [9.17, 15) is 15.0 Å². The van der Waals surface area contributed by atoms with Crippen LogP contribution < -0.4 is 10.1 Å². The number of aryl methyl sites for hydroxylation is 1. The van der Waals surface area contributed by atoms with E-state index in [2.05, 4.69) is 15.5 Å². The zero-order chi connectivity index (χ0) is 19.6. The first kappa shape index (κ1) is 18.3. The van der Waals surface area contributed by atoms with Crippen molar-refractivity contribution in [2.45, 2.75) is 13.8 Å². The summed E-state index contributed by atoms with van der Waals surface area (Å²) in [6.07, 6.45) is 0. The molecular weight excluding hydrogens is 346 g/mol. The lowest BCUT2D eigenvalue weighted by atomic mass is 9.96. The van der Waals surface area contributed by atoms with E-state index in [1.807, 2.05) is 19.1 Å². The number of carbonyl (C=O) groups excluding carboxylic acids is 1. The molecule has 0 aliphatic rings. The third-order valence-electron chi connectivity index (χ3n) is 4.28. The topological polar surface area (TPSA) is 107 Å². The molecule has 0 aliphatic heterocycles. The van der Waals surface area contributed by atoms with Gasteiger partial charge in [0.1, 0.15) is 28.6 Å². The van der Waals surface area contributed by atoms with Gasteiger partial charge in [0.05, 0.1) is 7.11 Å². The van der Waals surface area contributed by atoms with Crippen LogP contribution in [0.2, 0.25) is 0 Å². The van der Waals surface area contributed by atoms with Crippen LogP contribution in [-0.2, 0) is 0 Å². The number of ether oxygens (including phenoxy) is 1. The molecule has 0 bridgehead atoms. The molecule has 1 aromatic heterocycles. The van der Waals surface area contributed by atoms with E-state index in [0.717, 1.165) is 5.56 Å². The number of methoxy groups -OCH3 is 1. The van der Waals surface area contributed by atoms with Crippen LogP contribution in [0.25, 0.3) is 22.4 Å². The molecule has 0 aliphatic carbocycles. The van der Waals surface area contributed by atoms with Crippen LogP contribution in [0.4, 0.5) is 0 Å². The maximum atomic E-state index is 12.5. The molecule has 0 saturated carbocycles. The highest BCUT2D eigenvalue weighted by Gasteiger charge is 2.23. The average Bonchev–Trinajstić information content (AvgIpc) is 3.10. The largest absolute Gasteiger partial charge is 0.508 e. The predicted molar refractivity (Wildman–Crippen MR) is 102 cm³/mol. The Bertz CT molecular complexity index is 978. The van der Waals surface area contributed by atoms with Crippen LogP contribution in [0.5, 0.6) is 17.2 Å². The summed E-state index contributed by atoms with van der Waals surface area (Å²) < 4.78 is 5.20. The lowest BCUT2D eigenvalue weighted by Crippen LogP contribution is -2.23. The van der Waals surface area contributed by atoms with Crippen LogP contribution in [0.3, 0.4) is 0 Å². The molecule has 0 fully saturated rings. The molecule has 7 nitrogen and oxygen atoms in total. The van der Waals surface area contributed by atoms with Gasteiger partial charge in [-0.3, -0.25) is 9.89 Å². The minimum absolute atomic E-state index is 0.0123. The van der Waals surface area contributed by atoms with Gasteiger partial charge < -0.3 is 20.3 Å². The first-order chi connectivity index (χ1) is 13.0. The fourth-order valence-electron chi connectivity index (χ4n) is 2.86. The first-order valence-corrected chi connectivity index (χ1v) is 8.50. The average molecular weight is 367 g/mol. The van der Waals surface area contributed by atoms with Crippen LogP contribution in [-0.4, -0.2) is 40.0 Å². The fourth-order valence-corrected chi connectivity index (χ4v) is 2.86. The van der Waals surface area contributed by atoms with Gasteiger partial charge in [-0.05, 0) is 43.2 Å². The molecule has 0 atom stereocenters. The molecule has 0 spiro atoms. The van der Waals surface area contributed by atoms with Gasteiger partial charge >= 0.3 is 0 Å². The number of rotatable bonds is 5. The van der Waals surface area contributed by atoms with Crippen LogP contribution in [0.1, 0.15) is 23.0 Å². The zero-order valence-electron chi connectivity index (χ0n) is 15.3. The number of nitrogens with one attached hydrogen (secondary N) is 2. The summed E-state index contributed by atoms with van der Waals surface area (Å²) in [5.41, 5.74) is 3.02. The first-order valence-electron chi connectivity index (χ1n) is 8.50. The standard InChI is InChI=1S/C20H21N3O4/c1-4-21-20(26)19-17(12-5-7-13(27-3)8-6-12)18(22-23-19)14-9-11(2)15(24)10-16(14)25/h5-10,24-25H,4H2,1-3H3,(H,21,26)(H,22,23). The number of phenolic OH excluding ortho intramolecular Hbond substituents is 2. The van der Waals surface area contributed by atoms with Gasteiger partial charge in [-0.1, -0.05) is 12.1 Å². The summed E-state index contributed by atoms with van der Waals surface area (Å²) in [6, 6.07) is 10.1. The molecule has 7 heteroatoms. The van der Waals surface area contributed by atoms with Crippen molar-refractivity contribution in [2.24, 2.45) is 0 Å². The fraction of sp³-hybridized carbons (Fsp3) is 0.200. The molecule has 4 N–H and O–H groups in total. The number of amides is 1. The van der Waals surface area contributed by atoms with E-state index in [1.54, 1.807) is 32.2 Å².